The third-order valence-corrected chi connectivity index (χ3v) is 4.63. The molecular weight excluding hydrogens is 349 g/mol. The first-order valence-corrected chi connectivity index (χ1v) is 8.86. The van der Waals surface area contributed by atoms with Crippen molar-refractivity contribution in [2.24, 2.45) is 10.9 Å². The van der Waals surface area contributed by atoms with Crippen LogP contribution < -0.4 is 21.2 Å². The average molecular weight is 369 g/mol. The molecule has 1 atom stereocenters. The largest absolute Gasteiger partial charge is 0.362 e. The molecule has 1 unspecified atom stereocenters. The molecule has 2 N–H and O–H groups in total. The van der Waals surface area contributed by atoms with E-state index < -0.39 is 0 Å². The first-order chi connectivity index (χ1) is 12.4. The summed E-state index contributed by atoms with van der Waals surface area (Å²) < 4.78 is 12.9. The molecule has 0 saturated heterocycles. The Hall–Kier alpha value is -2.60. The molecule has 0 saturated carbocycles. The van der Waals surface area contributed by atoms with E-state index in [0.717, 1.165) is 21.7 Å². The molecule has 6 heteroatoms. The lowest BCUT2D eigenvalue weighted by atomic mass is 9.97. The minimum atomic E-state index is -0.296. The monoisotopic (exact) mass is 369 g/mol. The van der Waals surface area contributed by atoms with Gasteiger partial charge in [0.25, 0.3) is 5.91 Å². The van der Waals surface area contributed by atoms with Gasteiger partial charge >= 0.3 is 0 Å². The van der Waals surface area contributed by atoms with Crippen molar-refractivity contribution in [1.82, 2.24) is 5.32 Å². The zero-order valence-corrected chi connectivity index (χ0v) is 15.5. The van der Waals surface area contributed by atoms with Crippen molar-refractivity contribution in [3.8, 4) is 0 Å². The van der Waals surface area contributed by atoms with Crippen LogP contribution in [-0.4, -0.2) is 17.6 Å². The SMILES string of the molecule is Cc1ccc(C)c2c1=CC(CCNC(=S)Nc1ccc(F)cc1)C(=O)N=2. The van der Waals surface area contributed by atoms with Crippen LogP contribution in [0.5, 0.6) is 0 Å². The van der Waals surface area contributed by atoms with Crippen molar-refractivity contribution in [3.63, 3.8) is 0 Å². The molecule has 1 heterocycles. The summed E-state index contributed by atoms with van der Waals surface area (Å²) in [7, 11) is 0. The Morgan fingerprint density at radius 3 is 2.58 bits per heavy atom. The Bertz CT molecular complexity index is 970. The molecule has 1 amide bonds. The number of halogens is 1. The third-order valence-electron chi connectivity index (χ3n) is 4.39. The van der Waals surface area contributed by atoms with Crippen LogP contribution in [0.2, 0.25) is 0 Å². The quantitative estimate of drug-likeness (QED) is 0.813. The topological polar surface area (TPSA) is 53.5 Å². The molecule has 1 aliphatic heterocycles. The van der Waals surface area contributed by atoms with Gasteiger partial charge in [-0.3, -0.25) is 4.79 Å². The highest BCUT2D eigenvalue weighted by Gasteiger charge is 2.19. The van der Waals surface area contributed by atoms with Crippen molar-refractivity contribution < 1.29 is 9.18 Å². The fourth-order valence-corrected chi connectivity index (χ4v) is 3.12. The van der Waals surface area contributed by atoms with Gasteiger partial charge in [0.2, 0.25) is 0 Å². The normalized spacial score (nSPS) is 15.5. The molecule has 2 aromatic carbocycles. The number of benzene rings is 2. The Morgan fingerprint density at radius 1 is 1.15 bits per heavy atom. The Morgan fingerprint density at radius 2 is 1.85 bits per heavy atom. The highest BCUT2D eigenvalue weighted by molar-refractivity contribution is 7.80. The summed E-state index contributed by atoms with van der Waals surface area (Å²) in [6.45, 7) is 4.52. The van der Waals surface area contributed by atoms with Gasteiger partial charge in [0.05, 0.1) is 11.3 Å². The van der Waals surface area contributed by atoms with Crippen LogP contribution in [0, 0.1) is 25.6 Å². The average Bonchev–Trinajstić information content (AvgIpc) is 2.61. The standard InChI is InChI=1S/C20H20FN3OS/c1-12-3-4-13(2)18-17(12)11-14(19(25)24-18)9-10-22-20(26)23-16-7-5-15(21)6-8-16/h3-8,11,14H,9-10H2,1-2H3,(H2,22,23,26). The van der Waals surface area contributed by atoms with Crippen LogP contribution in [0.4, 0.5) is 10.1 Å². The number of aryl methyl sites for hydroxylation is 2. The smallest absolute Gasteiger partial charge is 0.253 e. The van der Waals surface area contributed by atoms with Crippen LogP contribution >= 0.6 is 12.2 Å². The van der Waals surface area contributed by atoms with Gasteiger partial charge in [0.1, 0.15) is 5.82 Å². The van der Waals surface area contributed by atoms with Crippen molar-refractivity contribution in [2.45, 2.75) is 20.3 Å². The van der Waals surface area contributed by atoms with Crippen molar-refractivity contribution >= 4 is 35.0 Å². The van der Waals surface area contributed by atoms with Gasteiger partial charge in [-0.15, -0.1) is 0 Å². The van der Waals surface area contributed by atoms with Crippen LogP contribution in [0.15, 0.2) is 41.4 Å². The molecule has 134 valence electrons. The van der Waals surface area contributed by atoms with E-state index in [4.69, 9.17) is 12.2 Å². The maximum absolute atomic E-state index is 12.9. The second kappa shape index (κ2) is 7.74. The lowest BCUT2D eigenvalue weighted by molar-refractivity contribution is -0.120. The minimum absolute atomic E-state index is 0.120. The molecule has 0 fully saturated rings. The van der Waals surface area contributed by atoms with E-state index in [9.17, 15) is 9.18 Å². The molecule has 0 spiro atoms. The summed E-state index contributed by atoms with van der Waals surface area (Å²) in [5.41, 5.74) is 2.84. The summed E-state index contributed by atoms with van der Waals surface area (Å²) in [5, 5.41) is 8.32. The maximum atomic E-state index is 12.9. The Kier molecular flexibility index (Phi) is 5.42. The number of carbonyl (C=O) groups excluding carboxylic acids is 1. The molecule has 1 aliphatic rings. The first-order valence-electron chi connectivity index (χ1n) is 8.45. The predicted molar refractivity (Wildman–Crippen MR) is 105 cm³/mol. The number of hydrogen-bond acceptors (Lipinski definition) is 2. The van der Waals surface area contributed by atoms with Gasteiger partial charge in [-0.1, -0.05) is 18.2 Å². The summed E-state index contributed by atoms with van der Waals surface area (Å²) >= 11 is 5.23. The first kappa shape index (κ1) is 18.2. The van der Waals surface area contributed by atoms with E-state index in [1.54, 1.807) is 12.1 Å². The molecule has 0 bridgehead atoms. The summed E-state index contributed by atoms with van der Waals surface area (Å²) in [6.07, 6.45) is 2.60. The molecule has 3 rings (SSSR count). The zero-order chi connectivity index (χ0) is 18.7. The number of rotatable bonds is 4. The van der Waals surface area contributed by atoms with E-state index >= 15 is 0 Å². The molecule has 0 aliphatic carbocycles. The van der Waals surface area contributed by atoms with Crippen molar-refractivity contribution in [3.05, 3.63) is 63.9 Å². The highest BCUT2D eigenvalue weighted by Crippen LogP contribution is 2.11. The second-order valence-electron chi connectivity index (χ2n) is 6.36. The van der Waals surface area contributed by atoms with Crippen LogP contribution in [0.25, 0.3) is 6.08 Å². The molecule has 2 aromatic rings. The number of thiocarbonyl (C=S) groups is 1. The summed E-state index contributed by atoms with van der Waals surface area (Å²) in [6, 6.07) is 9.99. The Balaban J connectivity index is 1.60. The number of carbonyl (C=O) groups is 1. The van der Waals surface area contributed by atoms with Crippen molar-refractivity contribution in [1.29, 1.82) is 0 Å². The van der Waals surface area contributed by atoms with Crippen LogP contribution in [0.3, 0.4) is 0 Å². The number of hydrogen-bond donors (Lipinski definition) is 2. The fourth-order valence-electron chi connectivity index (χ4n) is 2.90. The highest BCUT2D eigenvalue weighted by atomic mass is 32.1. The lowest BCUT2D eigenvalue weighted by Crippen LogP contribution is -2.38. The zero-order valence-electron chi connectivity index (χ0n) is 14.7. The van der Waals surface area contributed by atoms with Gasteiger partial charge in [-0.25, -0.2) is 9.38 Å². The summed E-state index contributed by atoms with van der Waals surface area (Å²) in [5.74, 6) is -0.676. The number of anilines is 1. The molecule has 26 heavy (non-hydrogen) atoms. The number of nitrogens with zero attached hydrogens (tertiary/aromatic N) is 1. The van der Waals surface area contributed by atoms with E-state index in [1.165, 1.54) is 12.1 Å². The number of nitrogens with one attached hydrogen (secondary N) is 2. The van der Waals surface area contributed by atoms with E-state index in [0.29, 0.717) is 23.8 Å². The molecule has 0 radical (unpaired) electrons. The lowest BCUT2D eigenvalue weighted by Gasteiger charge is -2.15. The van der Waals surface area contributed by atoms with E-state index in [-0.39, 0.29) is 17.6 Å². The molecular formula is C20H20FN3OS. The number of fused-ring (bicyclic) bond motifs is 1. The molecule has 4 nitrogen and oxygen atoms in total. The van der Waals surface area contributed by atoms with Crippen LogP contribution in [-0.2, 0) is 4.79 Å². The van der Waals surface area contributed by atoms with Gasteiger partial charge in [-0.05, 0) is 67.9 Å². The summed E-state index contributed by atoms with van der Waals surface area (Å²) in [4.78, 5) is 16.6. The van der Waals surface area contributed by atoms with Gasteiger partial charge in [0, 0.05) is 17.5 Å². The second-order valence-corrected chi connectivity index (χ2v) is 6.77. The fraction of sp³-hybridized carbons (Fsp3) is 0.250. The van der Waals surface area contributed by atoms with Gasteiger partial charge in [-0.2, -0.15) is 0 Å². The van der Waals surface area contributed by atoms with E-state index in [1.807, 2.05) is 32.1 Å². The minimum Gasteiger partial charge on any atom is -0.362 e. The molecule has 0 aromatic heterocycles. The Labute approximate surface area is 156 Å². The van der Waals surface area contributed by atoms with Gasteiger partial charge < -0.3 is 10.6 Å². The van der Waals surface area contributed by atoms with E-state index in [2.05, 4.69) is 15.6 Å². The van der Waals surface area contributed by atoms with Gasteiger partial charge in [0.15, 0.2) is 5.11 Å². The van der Waals surface area contributed by atoms with Crippen molar-refractivity contribution in [2.75, 3.05) is 11.9 Å². The maximum Gasteiger partial charge on any atom is 0.253 e. The third kappa shape index (κ3) is 4.14. The predicted octanol–water partition coefficient (Wildman–Crippen LogP) is 2.38. The number of amides is 1. The van der Waals surface area contributed by atoms with Crippen LogP contribution in [0.1, 0.15) is 17.5 Å².